The Morgan fingerprint density at radius 3 is 2.78 bits per heavy atom. The maximum Gasteiger partial charge on any atom is 0.270 e. The molecular formula is C12H16IN3O2. The van der Waals surface area contributed by atoms with Crippen molar-refractivity contribution >= 4 is 34.0 Å². The molecule has 98 valence electrons. The molecule has 2 rings (SSSR count). The van der Waals surface area contributed by atoms with Gasteiger partial charge in [0.25, 0.3) is 5.69 Å². The minimum atomic E-state index is -0.362. The Hall–Kier alpha value is -0.890. The highest BCUT2D eigenvalue weighted by atomic mass is 127. The average molecular weight is 361 g/mol. The molecule has 1 aromatic rings. The molecule has 1 saturated heterocycles. The molecule has 0 atom stereocenters. The lowest BCUT2D eigenvalue weighted by atomic mass is 9.98. The summed E-state index contributed by atoms with van der Waals surface area (Å²) in [6.45, 7) is 3.11. The topological polar surface area (TPSA) is 67.2 Å². The summed E-state index contributed by atoms with van der Waals surface area (Å²) in [6, 6.07) is 4.94. The third-order valence-electron chi connectivity index (χ3n) is 3.20. The van der Waals surface area contributed by atoms with E-state index in [1.54, 1.807) is 18.2 Å². The van der Waals surface area contributed by atoms with Gasteiger partial charge in [-0.3, -0.25) is 10.1 Å². The lowest BCUT2D eigenvalue weighted by Crippen LogP contribution is -2.31. The molecule has 5 nitrogen and oxygen atoms in total. The summed E-state index contributed by atoms with van der Waals surface area (Å²) in [6.07, 6.45) is 2.38. The van der Waals surface area contributed by atoms with Crippen LogP contribution in [0.4, 0.5) is 11.4 Å². The molecule has 1 heterocycles. The lowest BCUT2D eigenvalue weighted by molar-refractivity contribution is -0.384. The van der Waals surface area contributed by atoms with Crippen molar-refractivity contribution in [1.29, 1.82) is 0 Å². The van der Waals surface area contributed by atoms with Crippen LogP contribution in [-0.4, -0.2) is 24.6 Å². The van der Waals surface area contributed by atoms with E-state index in [2.05, 4.69) is 33.2 Å². The Morgan fingerprint density at radius 1 is 1.44 bits per heavy atom. The van der Waals surface area contributed by atoms with Crippen molar-refractivity contribution in [3.8, 4) is 0 Å². The van der Waals surface area contributed by atoms with Gasteiger partial charge in [-0.15, -0.1) is 0 Å². The lowest BCUT2D eigenvalue weighted by Gasteiger charge is -2.23. The van der Waals surface area contributed by atoms with E-state index in [4.69, 9.17) is 0 Å². The molecule has 1 aromatic carbocycles. The zero-order valence-corrected chi connectivity index (χ0v) is 12.1. The minimum absolute atomic E-state index is 0.145. The highest BCUT2D eigenvalue weighted by Gasteiger charge is 2.14. The van der Waals surface area contributed by atoms with Crippen LogP contribution in [0.5, 0.6) is 0 Å². The summed E-state index contributed by atoms with van der Waals surface area (Å²) in [5.41, 5.74) is 1.13. The molecule has 2 N–H and O–H groups in total. The second-order valence-corrected chi connectivity index (χ2v) is 5.66. The molecule has 0 aliphatic carbocycles. The van der Waals surface area contributed by atoms with Crippen LogP contribution < -0.4 is 10.6 Å². The second-order valence-electron chi connectivity index (χ2n) is 4.50. The van der Waals surface area contributed by atoms with Crippen molar-refractivity contribution in [2.45, 2.75) is 12.8 Å². The van der Waals surface area contributed by atoms with E-state index in [1.807, 2.05) is 0 Å². The van der Waals surface area contributed by atoms with Gasteiger partial charge < -0.3 is 10.6 Å². The standard InChI is InChI=1S/C12H16IN3O2/c13-11-7-10(16(17)18)1-2-12(11)15-8-9-3-5-14-6-4-9/h1-2,7,9,14-15H,3-6,8H2. The molecule has 0 amide bonds. The first-order chi connectivity index (χ1) is 8.66. The number of benzene rings is 1. The minimum Gasteiger partial charge on any atom is -0.384 e. The van der Waals surface area contributed by atoms with E-state index in [0.29, 0.717) is 5.92 Å². The normalized spacial score (nSPS) is 16.5. The molecule has 0 unspecified atom stereocenters. The summed E-state index contributed by atoms with van der Waals surface area (Å²) >= 11 is 2.13. The Kier molecular flexibility index (Phi) is 4.76. The van der Waals surface area contributed by atoms with Gasteiger partial charge in [0.05, 0.1) is 4.92 Å². The molecule has 1 fully saturated rings. The summed E-state index contributed by atoms with van der Waals surface area (Å²) in [4.78, 5) is 10.3. The van der Waals surface area contributed by atoms with Crippen LogP contribution in [0.3, 0.4) is 0 Å². The van der Waals surface area contributed by atoms with Crippen LogP contribution in [0.15, 0.2) is 18.2 Å². The quantitative estimate of drug-likeness (QED) is 0.492. The van der Waals surface area contributed by atoms with E-state index in [1.165, 1.54) is 12.8 Å². The highest BCUT2D eigenvalue weighted by molar-refractivity contribution is 14.1. The van der Waals surface area contributed by atoms with Crippen molar-refractivity contribution in [1.82, 2.24) is 5.32 Å². The maximum atomic E-state index is 10.6. The van der Waals surface area contributed by atoms with Crippen LogP contribution in [0, 0.1) is 19.6 Å². The van der Waals surface area contributed by atoms with Crippen LogP contribution in [0.25, 0.3) is 0 Å². The number of nitrogens with zero attached hydrogens (tertiary/aromatic N) is 1. The number of nitro groups is 1. The zero-order chi connectivity index (χ0) is 13.0. The summed E-state index contributed by atoms with van der Waals surface area (Å²) in [7, 11) is 0. The third kappa shape index (κ3) is 3.55. The number of hydrogen-bond acceptors (Lipinski definition) is 4. The Labute approximate surface area is 120 Å². The molecule has 0 saturated carbocycles. The summed E-state index contributed by atoms with van der Waals surface area (Å²) < 4.78 is 0.899. The van der Waals surface area contributed by atoms with E-state index in [0.717, 1.165) is 28.9 Å². The number of nitrogens with one attached hydrogen (secondary N) is 2. The number of anilines is 1. The third-order valence-corrected chi connectivity index (χ3v) is 4.10. The van der Waals surface area contributed by atoms with Gasteiger partial charge >= 0.3 is 0 Å². The van der Waals surface area contributed by atoms with Gasteiger partial charge in [0, 0.05) is 27.9 Å². The molecule has 0 spiro atoms. The zero-order valence-electron chi connectivity index (χ0n) is 9.99. The Morgan fingerprint density at radius 2 is 2.17 bits per heavy atom. The first kappa shape index (κ1) is 13.5. The summed E-state index contributed by atoms with van der Waals surface area (Å²) in [5, 5.41) is 17.4. The fourth-order valence-corrected chi connectivity index (χ4v) is 2.79. The van der Waals surface area contributed by atoms with Crippen LogP contribution in [0.1, 0.15) is 12.8 Å². The van der Waals surface area contributed by atoms with E-state index < -0.39 is 0 Å². The number of hydrogen-bond donors (Lipinski definition) is 2. The van der Waals surface area contributed by atoms with Crippen molar-refractivity contribution in [2.75, 3.05) is 25.0 Å². The second kappa shape index (κ2) is 6.33. The van der Waals surface area contributed by atoms with Gasteiger partial charge in [-0.25, -0.2) is 0 Å². The van der Waals surface area contributed by atoms with E-state index >= 15 is 0 Å². The maximum absolute atomic E-state index is 10.6. The fraction of sp³-hybridized carbons (Fsp3) is 0.500. The van der Waals surface area contributed by atoms with Gasteiger partial charge in [0.15, 0.2) is 0 Å². The largest absolute Gasteiger partial charge is 0.384 e. The van der Waals surface area contributed by atoms with Crippen molar-refractivity contribution in [3.63, 3.8) is 0 Å². The molecule has 0 bridgehead atoms. The fourth-order valence-electron chi connectivity index (χ4n) is 2.10. The molecule has 1 aliphatic heterocycles. The number of nitro benzene ring substituents is 1. The number of non-ortho nitro benzene ring substituents is 1. The van der Waals surface area contributed by atoms with Crippen molar-refractivity contribution in [2.24, 2.45) is 5.92 Å². The van der Waals surface area contributed by atoms with Crippen LogP contribution >= 0.6 is 22.6 Å². The predicted molar refractivity (Wildman–Crippen MR) is 79.9 cm³/mol. The van der Waals surface area contributed by atoms with Gasteiger partial charge in [-0.1, -0.05) is 0 Å². The number of halogens is 1. The average Bonchev–Trinajstić information content (AvgIpc) is 2.38. The van der Waals surface area contributed by atoms with E-state index in [-0.39, 0.29) is 10.6 Å². The van der Waals surface area contributed by atoms with Gasteiger partial charge in [-0.05, 0) is 60.5 Å². The van der Waals surface area contributed by atoms with Crippen LogP contribution in [0.2, 0.25) is 0 Å². The highest BCUT2D eigenvalue weighted by Crippen LogP contribution is 2.24. The van der Waals surface area contributed by atoms with Gasteiger partial charge in [-0.2, -0.15) is 0 Å². The van der Waals surface area contributed by atoms with Crippen LogP contribution in [-0.2, 0) is 0 Å². The molecule has 18 heavy (non-hydrogen) atoms. The number of rotatable bonds is 4. The van der Waals surface area contributed by atoms with Gasteiger partial charge in [0.1, 0.15) is 0 Å². The Balaban J connectivity index is 1.94. The first-order valence-electron chi connectivity index (χ1n) is 6.05. The monoisotopic (exact) mass is 361 g/mol. The van der Waals surface area contributed by atoms with E-state index in [9.17, 15) is 10.1 Å². The van der Waals surface area contributed by atoms with Crippen molar-refractivity contribution < 1.29 is 4.92 Å². The smallest absolute Gasteiger partial charge is 0.270 e. The molecule has 6 heteroatoms. The Bertz CT molecular complexity index is 433. The summed E-state index contributed by atoms with van der Waals surface area (Å²) in [5.74, 6) is 0.692. The molecular weight excluding hydrogens is 345 g/mol. The molecule has 1 aliphatic rings. The molecule has 0 radical (unpaired) electrons. The SMILES string of the molecule is O=[N+]([O-])c1ccc(NCC2CCNCC2)c(I)c1. The van der Waals surface area contributed by atoms with Crippen molar-refractivity contribution in [3.05, 3.63) is 31.9 Å². The predicted octanol–water partition coefficient (Wildman–Crippen LogP) is 2.61. The first-order valence-corrected chi connectivity index (χ1v) is 7.13. The molecule has 0 aromatic heterocycles. The number of piperidine rings is 1. The van der Waals surface area contributed by atoms with Gasteiger partial charge in [0.2, 0.25) is 0 Å².